The molecule has 0 N–H and O–H groups in total. The first-order valence-electron chi connectivity index (χ1n) is 6.24. The highest BCUT2D eigenvalue weighted by atomic mass is 16.7. The molecule has 0 saturated heterocycles. The molecular weight excluding hydrogens is 242 g/mol. The average molecular weight is 261 g/mol. The summed E-state index contributed by atoms with van der Waals surface area (Å²) in [4.78, 5) is 16.5. The molecule has 0 aliphatic carbocycles. The summed E-state index contributed by atoms with van der Waals surface area (Å²) in [6, 6.07) is 5.88. The van der Waals surface area contributed by atoms with E-state index in [-0.39, 0.29) is 11.5 Å². The first kappa shape index (κ1) is 13.6. The Balaban J connectivity index is 2.22. The van der Waals surface area contributed by atoms with E-state index in [0.717, 1.165) is 23.3 Å². The van der Waals surface area contributed by atoms with Crippen LogP contribution in [-0.2, 0) is 16.1 Å². The highest BCUT2D eigenvalue weighted by molar-refractivity contribution is 5.91. The monoisotopic (exact) mass is 261 g/mol. The lowest BCUT2D eigenvalue weighted by Crippen LogP contribution is -2.24. The molecule has 1 aromatic carbocycles. The summed E-state index contributed by atoms with van der Waals surface area (Å²) in [5.74, 6) is 0.706. The van der Waals surface area contributed by atoms with Crippen LogP contribution in [0, 0.1) is 0 Å². The van der Waals surface area contributed by atoms with Crippen molar-refractivity contribution in [1.82, 2.24) is 5.06 Å². The fourth-order valence-corrected chi connectivity index (χ4v) is 2.14. The fraction of sp³-hybridized carbons (Fsp3) is 0.400. The maximum absolute atomic E-state index is 11.7. The number of hydroxylamine groups is 2. The molecule has 0 atom stereocenters. The Bertz CT molecular complexity index is 520. The second-order valence-electron chi connectivity index (χ2n) is 5.21. The standard InChI is InChI=1S/C15H19NO3/c1-15(2)10-12-11(6-5-7-13(12)19-15)8-9-14(17)16(3)18-4/h5-9H,10H2,1-4H3/b9-8+. The van der Waals surface area contributed by atoms with Gasteiger partial charge in [0.25, 0.3) is 5.91 Å². The number of ether oxygens (including phenoxy) is 1. The van der Waals surface area contributed by atoms with Crippen LogP contribution in [0.3, 0.4) is 0 Å². The summed E-state index contributed by atoms with van der Waals surface area (Å²) in [5.41, 5.74) is 1.98. The zero-order chi connectivity index (χ0) is 14.0. The number of hydrogen-bond acceptors (Lipinski definition) is 3. The Morgan fingerprint density at radius 1 is 1.47 bits per heavy atom. The number of carbonyl (C=O) groups is 1. The van der Waals surface area contributed by atoms with Gasteiger partial charge in [0, 0.05) is 25.1 Å². The largest absolute Gasteiger partial charge is 0.487 e. The van der Waals surface area contributed by atoms with Gasteiger partial charge in [-0.15, -0.1) is 0 Å². The molecule has 0 aromatic heterocycles. The van der Waals surface area contributed by atoms with Crippen LogP contribution in [0.4, 0.5) is 0 Å². The number of carbonyl (C=O) groups excluding carboxylic acids is 1. The normalized spacial score (nSPS) is 16.2. The van der Waals surface area contributed by atoms with Gasteiger partial charge in [0.2, 0.25) is 0 Å². The first-order chi connectivity index (χ1) is 8.93. The van der Waals surface area contributed by atoms with Crippen LogP contribution in [-0.4, -0.2) is 30.7 Å². The van der Waals surface area contributed by atoms with Crippen molar-refractivity contribution < 1.29 is 14.4 Å². The molecule has 0 bridgehead atoms. The molecule has 19 heavy (non-hydrogen) atoms. The summed E-state index contributed by atoms with van der Waals surface area (Å²) in [7, 11) is 3.04. The van der Waals surface area contributed by atoms with Crippen molar-refractivity contribution >= 4 is 12.0 Å². The maximum Gasteiger partial charge on any atom is 0.269 e. The minimum atomic E-state index is -0.196. The van der Waals surface area contributed by atoms with Crippen LogP contribution < -0.4 is 4.74 Å². The molecule has 4 heteroatoms. The summed E-state index contributed by atoms with van der Waals surface area (Å²) < 4.78 is 5.86. The van der Waals surface area contributed by atoms with E-state index in [1.807, 2.05) is 18.2 Å². The molecule has 2 rings (SSSR count). The molecule has 1 aliphatic rings. The fourth-order valence-electron chi connectivity index (χ4n) is 2.14. The summed E-state index contributed by atoms with van der Waals surface area (Å²) >= 11 is 0. The van der Waals surface area contributed by atoms with E-state index in [2.05, 4.69) is 13.8 Å². The summed E-state index contributed by atoms with van der Waals surface area (Å²) in [6.45, 7) is 4.12. The SMILES string of the molecule is CON(C)C(=O)/C=C/c1cccc2c1CC(C)(C)O2. The molecule has 4 nitrogen and oxygen atoms in total. The molecule has 0 unspecified atom stereocenters. The molecule has 0 radical (unpaired) electrons. The van der Waals surface area contributed by atoms with Crippen molar-refractivity contribution in [3.8, 4) is 5.75 Å². The zero-order valence-corrected chi connectivity index (χ0v) is 11.8. The number of nitrogens with zero attached hydrogens (tertiary/aromatic N) is 1. The Labute approximate surface area is 113 Å². The van der Waals surface area contributed by atoms with Gasteiger partial charge in [-0.05, 0) is 31.6 Å². The highest BCUT2D eigenvalue weighted by Crippen LogP contribution is 2.37. The number of fused-ring (bicyclic) bond motifs is 1. The minimum Gasteiger partial charge on any atom is -0.487 e. The van der Waals surface area contributed by atoms with Crippen molar-refractivity contribution in [2.24, 2.45) is 0 Å². The van der Waals surface area contributed by atoms with Gasteiger partial charge in [0.1, 0.15) is 11.4 Å². The molecule has 1 heterocycles. The van der Waals surface area contributed by atoms with Gasteiger partial charge in [-0.1, -0.05) is 12.1 Å². The second-order valence-corrected chi connectivity index (χ2v) is 5.21. The third-order valence-electron chi connectivity index (χ3n) is 3.15. The molecule has 102 valence electrons. The number of amides is 1. The van der Waals surface area contributed by atoms with Gasteiger partial charge in [-0.3, -0.25) is 9.63 Å². The van der Waals surface area contributed by atoms with Crippen molar-refractivity contribution in [2.45, 2.75) is 25.9 Å². The first-order valence-corrected chi connectivity index (χ1v) is 6.24. The smallest absolute Gasteiger partial charge is 0.269 e. The third kappa shape index (κ3) is 2.96. The lowest BCUT2D eigenvalue weighted by atomic mass is 9.97. The van der Waals surface area contributed by atoms with E-state index < -0.39 is 0 Å². The van der Waals surface area contributed by atoms with Crippen LogP contribution in [0.5, 0.6) is 5.75 Å². The van der Waals surface area contributed by atoms with Crippen LogP contribution in [0.25, 0.3) is 6.08 Å². The van der Waals surface area contributed by atoms with Crippen LogP contribution in [0.2, 0.25) is 0 Å². The maximum atomic E-state index is 11.7. The third-order valence-corrected chi connectivity index (χ3v) is 3.15. The number of benzene rings is 1. The zero-order valence-electron chi connectivity index (χ0n) is 11.8. The molecule has 1 aromatic rings. The number of rotatable bonds is 3. The average Bonchev–Trinajstić information content (AvgIpc) is 2.69. The summed E-state index contributed by atoms with van der Waals surface area (Å²) in [5, 5.41) is 1.18. The predicted octanol–water partition coefficient (Wildman–Crippen LogP) is 2.43. The Morgan fingerprint density at radius 2 is 2.21 bits per heavy atom. The second kappa shape index (κ2) is 5.05. The van der Waals surface area contributed by atoms with Crippen molar-refractivity contribution in [3.05, 3.63) is 35.4 Å². The van der Waals surface area contributed by atoms with Gasteiger partial charge in [0.05, 0.1) is 7.11 Å². The summed E-state index contributed by atoms with van der Waals surface area (Å²) in [6.07, 6.45) is 4.16. The molecular formula is C15H19NO3. The lowest BCUT2D eigenvalue weighted by Gasteiger charge is -2.16. The Morgan fingerprint density at radius 3 is 2.89 bits per heavy atom. The molecule has 0 fully saturated rings. The van der Waals surface area contributed by atoms with E-state index in [4.69, 9.17) is 9.57 Å². The van der Waals surface area contributed by atoms with Crippen molar-refractivity contribution in [2.75, 3.05) is 14.2 Å². The quantitative estimate of drug-likeness (QED) is 0.619. The highest BCUT2D eigenvalue weighted by Gasteiger charge is 2.31. The van der Waals surface area contributed by atoms with E-state index >= 15 is 0 Å². The molecule has 1 amide bonds. The molecule has 0 spiro atoms. The number of hydrogen-bond donors (Lipinski definition) is 0. The van der Waals surface area contributed by atoms with E-state index in [9.17, 15) is 4.79 Å². The van der Waals surface area contributed by atoms with Crippen molar-refractivity contribution in [3.63, 3.8) is 0 Å². The van der Waals surface area contributed by atoms with Crippen LogP contribution in [0.15, 0.2) is 24.3 Å². The minimum absolute atomic E-state index is 0.181. The van der Waals surface area contributed by atoms with Crippen molar-refractivity contribution in [1.29, 1.82) is 0 Å². The predicted molar refractivity (Wildman–Crippen MR) is 73.7 cm³/mol. The van der Waals surface area contributed by atoms with E-state index in [1.54, 1.807) is 13.1 Å². The van der Waals surface area contributed by atoms with Gasteiger partial charge in [0.15, 0.2) is 0 Å². The van der Waals surface area contributed by atoms with Gasteiger partial charge < -0.3 is 4.74 Å². The Kier molecular flexibility index (Phi) is 3.62. The van der Waals surface area contributed by atoms with Crippen LogP contribution in [0.1, 0.15) is 25.0 Å². The van der Waals surface area contributed by atoms with E-state index in [1.165, 1.54) is 18.2 Å². The van der Waals surface area contributed by atoms with E-state index in [0.29, 0.717) is 0 Å². The van der Waals surface area contributed by atoms with Crippen LogP contribution >= 0.6 is 0 Å². The Hall–Kier alpha value is -1.81. The topological polar surface area (TPSA) is 38.8 Å². The van der Waals surface area contributed by atoms with Gasteiger partial charge in [-0.2, -0.15) is 0 Å². The van der Waals surface area contributed by atoms with Gasteiger partial charge in [-0.25, -0.2) is 5.06 Å². The molecule has 1 aliphatic heterocycles. The number of likely N-dealkylation sites (N-methyl/N-ethyl adjacent to an activating group) is 1. The van der Waals surface area contributed by atoms with Gasteiger partial charge >= 0.3 is 0 Å². The lowest BCUT2D eigenvalue weighted by molar-refractivity contribution is -0.162. The molecule has 0 saturated carbocycles.